The van der Waals surface area contributed by atoms with Gasteiger partial charge in [-0.1, -0.05) is 24.3 Å². The van der Waals surface area contributed by atoms with Gasteiger partial charge in [-0.05, 0) is 31.7 Å². The fourth-order valence-corrected chi connectivity index (χ4v) is 3.52. The van der Waals surface area contributed by atoms with E-state index in [1.165, 1.54) is 0 Å². The van der Waals surface area contributed by atoms with Crippen LogP contribution in [0.1, 0.15) is 32.3 Å². The Morgan fingerprint density at radius 3 is 2.58 bits per heavy atom. The minimum absolute atomic E-state index is 0.0422. The van der Waals surface area contributed by atoms with Gasteiger partial charge in [0.15, 0.2) is 6.79 Å². The SMILES string of the molecule is COCOc1cc2c(c3ccccc13)C(CCl)CN2C(=O)OC(C)(C)C. The standard InChI is InChI=1S/C20H24ClNO4/c1-20(2,3)26-19(23)22-11-13(10-21)18-15-8-6-5-7-14(15)17(9-16(18)22)25-12-24-4/h5-9,13H,10-12H2,1-4H3. The van der Waals surface area contributed by atoms with E-state index in [0.29, 0.717) is 18.2 Å². The number of amides is 1. The first-order valence-corrected chi connectivity index (χ1v) is 9.13. The van der Waals surface area contributed by atoms with Crippen LogP contribution < -0.4 is 9.64 Å². The van der Waals surface area contributed by atoms with Crippen LogP contribution in [0, 0.1) is 0 Å². The van der Waals surface area contributed by atoms with Gasteiger partial charge < -0.3 is 14.2 Å². The minimum atomic E-state index is -0.567. The molecule has 1 atom stereocenters. The molecule has 140 valence electrons. The van der Waals surface area contributed by atoms with Crippen LogP contribution in [-0.4, -0.2) is 38.0 Å². The molecule has 2 aromatic rings. The molecule has 1 heterocycles. The summed E-state index contributed by atoms with van der Waals surface area (Å²) in [6.45, 7) is 6.19. The molecule has 0 aromatic heterocycles. The lowest BCUT2D eigenvalue weighted by molar-refractivity contribution is 0.0522. The summed E-state index contributed by atoms with van der Waals surface area (Å²) < 4.78 is 16.4. The van der Waals surface area contributed by atoms with Gasteiger partial charge in [0.2, 0.25) is 0 Å². The summed E-state index contributed by atoms with van der Waals surface area (Å²) in [6.07, 6.45) is -0.376. The molecule has 0 N–H and O–H groups in total. The van der Waals surface area contributed by atoms with Crippen LogP contribution in [-0.2, 0) is 9.47 Å². The number of nitrogens with zero attached hydrogens (tertiary/aromatic N) is 1. The minimum Gasteiger partial charge on any atom is -0.467 e. The molecule has 0 bridgehead atoms. The molecule has 0 aliphatic carbocycles. The van der Waals surface area contributed by atoms with Crippen LogP contribution in [0.5, 0.6) is 5.75 Å². The smallest absolute Gasteiger partial charge is 0.414 e. The van der Waals surface area contributed by atoms with Crippen molar-refractivity contribution in [1.82, 2.24) is 0 Å². The quantitative estimate of drug-likeness (QED) is 0.561. The van der Waals surface area contributed by atoms with Crippen molar-refractivity contribution in [2.45, 2.75) is 32.3 Å². The highest BCUT2D eigenvalue weighted by atomic mass is 35.5. The summed E-state index contributed by atoms with van der Waals surface area (Å²) in [7, 11) is 1.58. The van der Waals surface area contributed by atoms with Crippen molar-refractivity contribution >= 4 is 34.2 Å². The second-order valence-electron chi connectivity index (χ2n) is 7.35. The number of carbonyl (C=O) groups is 1. The predicted molar refractivity (Wildman–Crippen MR) is 103 cm³/mol. The molecular weight excluding hydrogens is 354 g/mol. The Morgan fingerprint density at radius 1 is 1.27 bits per heavy atom. The van der Waals surface area contributed by atoms with E-state index in [1.54, 1.807) is 12.0 Å². The zero-order chi connectivity index (χ0) is 18.9. The Hall–Kier alpha value is -1.98. The van der Waals surface area contributed by atoms with E-state index in [2.05, 4.69) is 0 Å². The fraction of sp³-hybridized carbons (Fsp3) is 0.450. The van der Waals surface area contributed by atoms with Crippen LogP contribution in [0.15, 0.2) is 30.3 Å². The summed E-state index contributed by atoms with van der Waals surface area (Å²) in [6, 6.07) is 9.86. The van der Waals surface area contributed by atoms with Crippen LogP contribution in [0.4, 0.5) is 10.5 Å². The zero-order valence-corrected chi connectivity index (χ0v) is 16.3. The lowest BCUT2D eigenvalue weighted by Crippen LogP contribution is -2.36. The van der Waals surface area contributed by atoms with Gasteiger partial charge in [0.05, 0.1) is 5.69 Å². The number of rotatable bonds is 4. The van der Waals surface area contributed by atoms with Crippen molar-refractivity contribution in [2.24, 2.45) is 0 Å². The normalized spacial score (nSPS) is 16.7. The van der Waals surface area contributed by atoms with Gasteiger partial charge in [0.25, 0.3) is 0 Å². The number of methoxy groups -OCH3 is 1. The largest absolute Gasteiger partial charge is 0.467 e. The van der Waals surface area contributed by atoms with E-state index in [-0.39, 0.29) is 18.8 Å². The molecule has 6 heteroatoms. The number of halogens is 1. The van der Waals surface area contributed by atoms with Crippen molar-refractivity contribution < 1.29 is 19.0 Å². The topological polar surface area (TPSA) is 48.0 Å². The lowest BCUT2D eigenvalue weighted by Gasteiger charge is -2.25. The number of alkyl halides is 1. The van der Waals surface area contributed by atoms with Gasteiger partial charge in [-0.2, -0.15) is 0 Å². The van der Waals surface area contributed by atoms with Crippen LogP contribution >= 0.6 is 11.6 Å². The Labute approximate surface area is 158 Å². The molecule has 26 heavy (non-hydrogen) atoms. The molecule has 1 aliphatic heterocycles. The first kappa shape index (κ1) is 18.8. The second-order valence-corrected chi connectivity index (χ2v) is 7.65. The molecule has 1 aliphatic rings. The molecule has 0 saturated heterocycles. The van der Waals surface area contributed by atoms with Gasteiger partial charge in [0, 0.05) is 36.9 Å². The summed E-state index contributed by atoms with van der Waals surface area (Å²) >= 11 is 6.23. The number of hydrogen-bond donors (Lipinski definition) is 0. The highest BCUT2D eigenvalue weighted by molar-refractivity contribution is 6.19. The number of anilines is 1. The Morgan fingerprint density at radius 2 is 1.96 bits per heavy atom. The van der Waals surface area contributed by atoms with Crippen LogP contribution in [0.25, 0.3) is 10.8 Å². The zero-order valence-electron chi connectivity index (χ0n) is 15.5. The van der Waals surface area contributed by atoms with Gasteiger partial charge in [0.1, 0.15) is 11.4 Å². The average Bonchev–Trinajstić information content (AvgIpc) is 2.97. The molecule has 0 spiro atoms. The van der Waals surface area contributed by atoms with Crippen molar-refractivity contribution in [1.29, 1.82) is 0 Å². The van der Waals surface area contributed by atoms with Crippen LogP contribution in [0.2, 0.25) is 0 Å². The average molecular weight is 378 g/mol. The highest BCUT2D eigenvalue weighted by Crippen LogP contribution is 2.45. The van der Waals surface area contributed by atoms with E-state index in [0.717, 1.165) is 22.0 Å². The number of hydrogen-bond acceptors (Lipinski definition) is 4. The molecule has 5 nitrogen and oxygen atoms in total. The Bertz CT molecular complexity index is 815. The monoisotopic (exact) mass is 377 g/mol. The molecule has 1 unspecified atom stereocenters. The summed E-state index contributed by atoms with van der Waals surface area (Å²) in [5.74, 6) is 1.14. The van der Waals surface area contributed by atoms with Crippen molar-refractivity contribution in [3.63, 3.8) is 0 Å². The van der Waals surface area contributed by atoms with Crippen molar-refractivity contribution in [2.75, 3.05) is 31.2 Å². The summed E-state index contributed by atoms with van der Waals surface area (Å²) in [4.78, 5) is 14.4. The van der Waals surface area contributed by atoms with Crippen LogP contribution in [0.3, 0.4) is 0 Å². The maximum absolute atomic E-state index is 12.7. The maximum Gasteiger partial charge on any atom is 0.414 e. The van der Waals surface area contributed by atoms with E-state index >= 15 is 0 Å². The number of carbonyl (C=O) groups excluding carboxylic acids is 1. The Balaban J connectivity index is 2.12. The summed E-state index contributed by atoms with van der Waals surface area (Å²) in [5, 5.41) is 2.01. The third-order valence-corrected chi connectivity index (χ3v) is 4.63. The highest BCUT2D eigenvalue weighted by Gasteiger charge is 2.36. The molecule has 3 rings (SSSR count). The molecule has 0 fully saturated rings. The molecule has 2 aromatic carbocycles. The van der Waals surface area contributed by atoms with E-state index in [4.69, 9.17) is 25.8 Å². The molecular formula is C20H24ClNO4. The van der Waals surface area contributed by atoms with Gasteiger partial charge in [-0.25, -0.2) is 4.79 Å². The molecule has 0 radical (unpaired) electrons. The second kappa shape index (κ2) is 7.33. The lowest BCUT2D eigenvalue weighted by atomic mass is 9.95. The Kier molecular flexibility index (Phi) is 5.30. The van der Waals surface area contributed by atoms with E-state index < -0.39 is 5.60 Å². The predicted octanol–water partition coefficient (Wildman–Crippen LogP) is 4.90. The van der Waals surface area contributed by atoms with Crippen molar-refractivity contribution in [3.05, 3.63) is 35.9 Å². The summed E-state index contributed by atoms with van der Waals surface area (Å²) in [5.41, 5.74) is 1.28. The third-order valence-electron chi connectivity index (χ3n) is 4.26. The molecule has 0 saturated carbocycles. The number of benzene rings is 2. The third kappa shape index (κ3) is 3.60. The van der Waals surface area contributed by atoms with Gasteiger partial charge in [-0.15, -0.1) is 11.6 Å². The first-order valence-electron chi connectivity index (χ1n) is 8.59. The van der Waals surface area contributed by atoms with E-state index in [9.17, 15) is 4.79 Å². The fourth-order valence-electron chi connectivity index (χ4n) is 3.27. The number of fused-ring (bicyclic) bond motifs is 3. The maximum atomic E-state index is 12.7. The molecule has 1 amide bonds. The van der Waals surface area contributed by atoms with Gasteiger partial charge in [-0.3, -0.25) is 4.90 Å². The van der Waals surface area contributed by atoms with Crippen molar-refractivity contribution in [3.8, 4) is 5.75 Å². The van der Waals surface area contributed by atoms with E-state index in [1.807, 2.05) is 51.1 Å². The number of ether oxygens (including phenoxy) is 3. The first-order chi connectivity index (χ1) is 12.4. The van der Waals surface area contributed by atoms with Gasteiger partial charge >= 0.3 is 6.09 Å².